The molecule has 1 amide bonds. The third-order valence-corrected chi connectivity index (χ3v) is 3.68. The fourth-order valence-electron chi connectivity index (χ4n) is 2.28. The van der Waals surface area contributed by atoms with E-state index >= 15 is 0 Å². The molecule has 0 unspecified atom stereocenters. The Kier molecular flexibility index (Phi) is 4.55. The summed E-state index contributed by atoms with van der Waals surface area (Å²) in [6, 6.07) is 14.1. The molecule has 0 saturated heterocycles. The Morgan fingerprint density at radius 1 is 0.960 bits per heavy atom. The van der Waals surface area contributed by atoms with Crippen LogP contribution in [-0.2, 0) is 6.18 Å². The molecule has 7 heteroatoms. The molecule has 0 radical (unpaired) electrons. The second-order valence-corrected chi connectivity index (χ2v) is 5.60. The number of amides is 1. The molecule has 1 aromatic heterocycles. The lowest BCUT2D eigenvalue weighted by Gasteiger charge is -2.10. The number of carbonyl (C=O) groups excluding carboxylic acids is 1. The van der Waals surface area contributed by atoms with Crippen molar-refractivity contribution in [2.24, 2.45) is 0 Å². The van der Waals surface area contributed by atoms with Gasteiger partial charge in [0, 0.05) is 16.3 Å². The van der Waals surface area contributed by atoms with E-state index < -0.39 is 17.6 Å². The Labute approximate surface area is 146 Å². The van der Waals surface area contributed by atoms with Gasteiger partial charge in [0.05, 0.1) is 5.56 Å². The highest BCUT2D eigenvalue weighted by atomic mass is 35.5. The van der Waals surface area contributed by atoms with E-state index in [1.54, 1.807) is 24.3 Å². The molecule has 1 heterocycles. The largest absolute Gasteiger partial charge is 0.451 e. The number of hydrogen-bond donors (Lipinski definition) is 1. The van der Waals surface area contributed by atoms with Gasteiger partial charge < -0.3 is 9.73 Å². The average molecular weight is 366 g/mol. The quantitative estimate of drug-likeness (QED) is 0.630. The van der Waals surface area contributed by atoms with Crippen LogP contribution >= 0.6 is 11.6 Å². The van der Waals surface area contributed by atoms with Gasteiger partial charge in [-0.1, -0.05) is 29.8 Å². The molecular formula is C18H11ClF3NO2. The van der Waals surface area contributed by atoms with E-state index in [2.05, 4.69) is 5.32 Å². The molecule has 0 aliphatic rings. The van der Waals surface area contributed by atoms with Gasteiger partial charge in [0.15, 0.2) is 5.76 Å². The number of benzene rings is 2. The highest BCUT2D eigenvalue weighted by Crippen LogP contribution is 2.37. The van der Waals surface area contributed by atoms with Gasteiger partial charge in [0.1, 0.15) is 5.76 Å². The summed E-state index contributed by atoms with van der Waals surface area (Å²) in [4.78, 5) is 12.2. The summed E-state index contributed by atoms with van der Waals surface area (Å²) < 4.78 is 44.6. The maximum absolute atomic E-state index is 13.1. The standard InChI is InChI=1S/C18H11ClF3NO2/c19-11-5-7-12(8-6-11)23-17(24)16-10-9-15(25-16)13-3-1-2-4-14(13)18(20,21)22/h1-10H,(H,23,24). The van der Waals surface area contributed by atoms with Crippen molar-refractivity contribution < 1.29 is 22.4 Å². The summed E-state index contributed by atoms with van der Waals surface area (Å²) in [5.74, 6) is -0.700. The first-order valence-corrected chi connectivity index (χ1v) is 7.56. The molecular weight excluding hydrogens is 355 g/mol. The zero-order valence-corrected chi connectivity index (χ0v) is 13.4. The second kappa shape index (κ2) is 6.64. The predicted molar refractivity (Wildman–Crippen MR) is 88.6 cm³/mol. The molecule has 0 saturated carbocycles. The molecule has 3 nitrogen and oxygen atoms in total. The van der Waals surface area contributed by atoms with Crippen molar-refractivity contribution in [3.63, 3.8) is 0 Å². The maximum Gasteiger partial charge on any atom is 0.417 e. The Morgan fingerprint density at radius 2 is 1.64 bits per heavy atom. The van der Waals surface area contributed by atoms with E-state index in [0.29, 0.717) is 10.7 Å². The highest BCUT2D eigenvalue weighted by molar-refractivity contribution is 6.30. The number of halogens is 4. The lowest BCUT2D eigenvalue weighted by atomic mass is 10.1. The molecule has 0 aliphatic heterocycles. The summed E-state index contributed by atoms with van der Waals surface area (Å²) >= 11 is 5.76. The van der Waals surface area contributed by atoms with Crippen LogP contribution in [0.5, 0.6) is 0 Å². The van der Waals surface area contributed by atoms with Crippen molar-refractivity contribution in [3.05, 3.63) is 77.0 Å². The summed E-state index contributed by atoms with van der Waals surface area (Å²) in [6.07, 6.45) is -4.52. The summed E-state index contributed by atoms with van der Waals surface area (Å²) in [5.41, 5.74) is -0.461. The maximum atomic E-state index is 13.1. The third kappa shape index (κ3) is 3.85. The van der Waals surface area contributed by atoms with Crippen molar-refractivity contribution in [1.82, 2.24) is 0 Å². The Bertz CT molecular complexity index is 901. The monoisotopic (exact) mass is 365 g/mol. The van der Waals surface area contributed by atoms with Gasteiger partial charge in [-0.2, -0.15) is 13.2 Å². The van der Waals surface area contributed by atoms with Crippen LogP contribution in [0.25, 0.3) is 11.3 Å². The minimum Gasteiger partial charge on any atom is -0.451 e. The van der Waals surface area contributed by atoms with E-state index in [0.717, 1.165) is 6.07 Å². The van der Waals surface area contributed by atoms with Crippen molar-refractivity contribution in [1.29, 1.82) is 0 Å². The minimum atomic E-state index is -4.52. The number of carbonyl (C=O) groups is 1. The minimum absolute atomic E-state index is 0.0332. The van der Waals surface area contributed by atoms with Crippen LogP contribution in [0.1, 0.15) is 16.1 Å². The number of anilines is 1. The van der Waals surface area contributed by atoms with Gasteiger partial charge in [-0.15, -0.1) is 0 Å². The van der Waals surface area contributed by atoms with Crippen molar-refractivity contribution in [3.8, 4) is 11.3 Å². The Balaban J connectivity index is 1.86. The fraction of sp³-hybridized carbons (Fsp3) is 0.0556. The zero-order valence-electron chi connectivity index (χ0n) is 12.6. The van der Waals surface area contributed by atoms with E-state index in [4.69, 9.17) is 16.0 Å². The third-order valence-electron chi connectivity index (χ3n) is 3.43. The average Bonchev–Trinajstić information content (AvgIpc) is 3.06. The van der Waals surface area contributed by atoms with E-state index in [9.17, 15) is 18.0 Å². The number of nitrogens with one attached hydrogen (secondary N) is 1. The smallest absolute Gasteiger partial charge is 0.417 e. The highest BCUT2D eigenvalue weighted by Gasteiger charge is 2.34. The van der Waals surface area contributed by atoms with E-state index in [-0.39, 0.29) is 17.1 Å². The molecule has 25 heavy (non-hydrogen) atoms. The van der Waals surface area contributed by atoms with Crippen LogP contribution in [0.4, 0.5) is 18.9 Å². The van der Waals surface area contributed by atoms with E-state index in [1.165, 1.54) is 30.3 Å². The van der Waals surface area contributed by atoms with Crippen molar-refractivity contribution in [2.45, 2.75) is 6.18 Å². The first-order chi connectivity index (χ1) is 11.8. The normalized spacial score (nSPS) is 11.4. The molecule has 0 spiro atoms. The molecule has 0 atom stereocenters. The van der Waals surface area contributed by atoms with Gasteiger partial charge in [-0.3, -0.25) is 4.79 Å². The van der Waals surface area contributed by atoms with Crippen LogP contribution in [-0.4, -0.2) is 5.91 Å². The Hall–Kier alpha value is -2.73. The topological polar surface area (TPSA) is 42.2 Å². The molecule has 2 aromatic carbocycles. The second-order valence-electron chi connectivity index (χ2n) is 5.17. The fourth-order valence-corrected chi connectivity index (χ4v) is 2.40. The first-order valence-electron chi connectivity index (χ1n) is 7.18. The molecule has 3 aromatic rings. The lowest BCUT2D eigenvalue weighted by Crippen LogP contribution is -2.10. The molecule has 1 N–H and O–H groups in total. The summed E-state index contributed by atoms with van der Waals surface area (Å²) in [5, 5.41) is 3.10. The summed E-state index contributed by atoms with van der Waals surface area (Å²) in [7, 11) is 0. The number of furan rings is 1. The molecule has 128 valence electrons. The van der Waals surface area contributed by atoms with Gasteiger partial charge in [0.25, 0.3) is 5.91 Å². The van der Waals surface area contributed by atoms with Gasteiger partial charge >= 0.3 is 6.18 Å². The first kappa shape index (κ1) is 17.1. The van der Waals surface area contributed by atoms with Crippen LogP contribution < -0.4 is 5.32 Å². The van der Waals surface area contributed by atoms with Gasteiger partial charge in [0.2, 0.25) is 0 Å². The van der Waals surface area contributed by atoms with Crippen LogP contribution in [0.3, 0.4) is 0 Å². The van der Waals surface area contributed by atoms with E-state index in [1.807, 2.05) is 0 Å². The SMILES string of the molecule is O=C(Nc1ccc(Cl)cc1)c1ccc(-c2ccccc2C(F)(F)F)o1. The molecule has 0 bridgehead atoms. The number of alkyl halides is 3. The molecule has 3 rings (SSSR count). The molecule has 0 fully saturated rings. The van der Waals surface area contributed by atoms with Gasteiger partial charge in [-0.05, 0) is 42.5 Å². The van der Waals surface area contributed by atoms with Crippen LogP contribution in [0.15, 0.2) is 65.1 Å². The predicted octanol–water partition coefficient (Wildman–Crippen LogP) is 5.87. The lowest BCUT2D eigenvalue weighted by molar-refractivity contribution is -0.137. The van der Waals surface area contributed by atoms with Crippen molar-refractivity contribution >= 4 is 23.2 Å². The number of hydrogen-bond acceptors (Lipinski definition) is 2. The van der Waals surface area contributed by atoms with Gasteiger partial charge in [-0.25, -0.2) is 0 Å². The zero-order chi connectivity index (χ0) is 18.0. The number of rotatable bonds is 3. The summed E-state index contributed by atoms with van der Waals surface area (Å²) in [6.45, 7) is 0. The van der Waals surface area contributed by atoms with Crippen LogP contribution in [0, 0.1) is 0 Å². The van der Waals surface area contributed by atoms with Crippen molar-refractivity contribution in [2.75, 3.05) is 5.32 Å². The van der Waals surface area contributed by atoms with Crippen LogP contribution in [0.2, 0.25) is 5.02 Å². The Morgan fingerprint density at radius 3 is 2.32 bits per heavy atom. The molecule has 0 aliphatic carbocycles.